The van der Waals surface area contributed by atoms with Crippen LogP contribution in [0, 0.1) is 17.8 Å². The fourth-order valence-electron chi connectivity index (χ4n) is 3.04. The van der Waals surface area contributed by atoms with Crippen LogP contribution in [0.5, 0.6) is 0 Å². The van der Waals surface area contributed by atoms with E-state index in [9.17, 15) is 0 Å². The van der Waals surface area contributed by atoms with Crippen molar-refractivity contribution >= 4 is 0 Å². The highest BCUT2D eigenvalue weighted by Gasteiger charge is 2.27. The first-order valence-corrected chi connectivity index (χ1v) is 7.96. The van der Waals surface area contributed by atoms with Gasteiger partial charge in [-0.15, -0.1) is 0 Å². The van der Waals surface area contributed by atoms with Crippen molar-refractivity contribution in [1.29, 1.82) is 0 Å². The van der Waals surface area contributed by atoms with E-state index in [-0.39, 0.29) is 0 Å². The highest BCUT2D eigenvalue weighted by molar-refractivity contribution is 4.82. The predicted octanol–water partition coefficient (Wildman–Crippen LogP) is 3.98. The van der Waals surface area contributed by atoms with Gasteiger partial charge in [-0.2, -0.15) is 0 Å². The Kier molecular flexibility index (Phi) is 7.92. The second-order valence-electron chi connectivity index (χ2n) is 6.48. The molecule has 0 aromatic heterocycles. The Bertz CT molecular complexity index is 205. The van der Waals surface area contributed by atoms with Crippen LogP contribution in [0.1, 0.15) is 65.7 Å². The Morgan fingerprint density at radius 1 is 1.17 bits per heavy atom. The molecule has 0 aliphatic heterocycles. The van der Waals surface area contributed by atoms with Crippen molar-refractivity contribution in [2.45, 2.75) is 71.8 Å². The van der Waals surface area contributed by atoms with Gasteiger partial charge in [-0.1, -0.05) is 33.6 Å². The summed E-state index contributed by atoms with van der Waals surface area (Å²) in [5.41, 5.74) is 6.24. The van der Waals surface area contributed by atoms with Gasteiger partial charge in [0.05, 0.1) is 0 Å². The van der Waals surface area contributed by atoms with Crippen LogP contribution in [0.3, 0.4) is 0 Å². The largest absolute Gasteiger partial charge is 0.381 e. The van der Waals surface area contributed by atoms with Crippen molar-refractivity contribution in [3.63, 3.8) is 0 Å². The fraction of sp³-hybridized carbons (Fsp3) is 1.00. The molecule has 1 saturated carbocycles. The van der Waals surface area contributed by atoms with Crippen LogP contribution in [0.4, 0.5) is 0 Å². The third-order valence-electron chi connectivity index (χ3n) is 4.32. The summed E-state index contributed by atoms with van der Waals surface area (Å²) in [7, 11) is 0. The standard InChI is InChI=1S/C16H33NO/c1-4-5-14-6-7-16(17)15(12-14)9-11-18-10-8-13(2)3/h13-16H,4-12,17H2,1-3H3. The van der Waals surface area contributed by atoms with Gasteiger partial charge in [-0.3, -0.25) is 0 Å². The topological polar surface area (TPSA) is 35.2 Å². The van der Waals surface area contributed by atoms with Crippen LogP contribution in [0.15, 0.2) is 0 Å². The van der Waals surface area contributed by atoms with Crippen LogP contribution < -0.4 is 5.73 Å². The molecule has 0 bridgehead atoms. The quantitative estimate of drug-likeness (QED) is 0.666. The average molecular weight is 255 g/mol. The molecule has 108 valence electrons. The first-order valence-electron chi connectivity index (χ1n) is 7.96. The summed E-state index contributed by atoms with van der Waals surface area (Å²) in [5.74, 6) is 2.38. The summed E-state index contributed by atoms with van der Waals surface area (Å²) in [6, 6.07) is 0.423. The Balaban J connectivity index is 2.14. The lowest BCUT2D eigenvalue weighted by molar-refractivity contribution is 0.0939. The van der Waals surface area contributed by atoms with E-state index in [2.05, 4.69) is 20.8 Å². The molecule has 1 rings (SSSR count). The van der Waals surface area contributed by atoms with Crippen molar-refractivity contribution in [1.82, 2.24) is 0 Å². The lowest BCUT2D eigenvalue weighted by Gasteiger charge is -2.34. The van der Waals surface area contributed by atoms with Crippen molar-refractivity contribution in [3.05, 3.63) is 0 Å². The number of ether oxygens (including phenoxy) is 1. The zero-order valence-corrected chi connectivity index (χ0v) is 12.7. The van der Waals surface area contributed by atoms with Crippen LogP contribution in [0.2, 0.25) is 0 Å². The molecule has 2 nitrogen and oxygen atoms in total. The van der Waals surface area contributed by atoms with Gasteiger partial charge in [0.1, 0.15) is 0 Å². The minimum Gasteiger partial charge on any atom is -0.381 e. The maximum atomic E-state index is 6.24. The molecule has 0 spiro atoms. The molecule has 2 N–H and O–H groups in total. The second kappa shape index (κ2) is 8.92. The molecule has 1 aliphatic rings. The Morgan fingerprint density at radius 3 is 2.61 bits per heavy atom. The molecule has 2 heteroatoms. The molecular formula is C16H33NO. The van der Waals surface area contributed by atoms with Gasteiger partial charge < -0.3 is 10.5 Å². The number of rotatable bonds is 8. The lowest BCUT2D eigenvalue weighted by Crippen LogP contribution is -2.36. The smallest absolute Gasteiger partial charge is 0.0469 e. The molecule has 0 aromatic carbocycles. The van der Waals surface area contributed by atoms with Crippen LogP contribution in [0.25, 0.3) is 0 Å². The van der Waals surface area contributed by atoms with E-state index >= 15 is 0 Å². The highest BCUT2D eigenvalue weighted by Crippen LogP contribution is 2.33. The Morgan fingerprint density at radius 2 is 1.94 bits per heavy atom. The van der Waals surface area contributed by atoms with Crippen molar-refractivity contribution in [3.8, 4) is 0 Å². The highest BCUT2D eigenvalue weighted by atomic mass is 16.5. The summed E-state index contributed by atoms with van der Waals surface area (Å²) >= 11 is 0. The Labute approximate surface area is 114 Å². The molecule has 3 unspecified atom stereocenters. The summed E-state index contributed by atoms with van der Waals surface area (Å²) in [5, 5.41) is 0. The summed E-state index contributed by atoms with van der Waals surface area (Å²) in [4.78, 5) is 0. The van der Waals surface area contributed by atoms with Gasteiger partial charge in [0.25, 0.3) is 0 Å². The summed E-state index contributed by atoms with van der Waals surface area (Å²) in [6.07, 6.45) is 8.95. The predicted molar refractivity (Wildman–Crippen MR) is 78.6 cm³/mol. The zero-order chi connectivity index (χ0) is 13.4. The molecule has 0 aromatic rings. The monoisotopic (exact) mass is 255 g/mol. The van der Waals surface area contributed by atoms with Gasteiger partial charge >= 0.3 is 0 Å². The molecular weight excluding hydrogens is 222 g/mol. The first kappa shape index (κ1) is 16.0. The van der Waals surface area contributed by atoms with E-state index in [4.69, 9.17) is 10.5 Å². The minimum absolute atomic E-state index is 0.423. The third-order valence-corrected chi connectivity index (χ3v) is 4.32. The van der Waals surface area contributed by atoms with Gasteiger partial charge in [-0.05, 0) is 49.9 Å². The van der Waals surface area contributed by atoms with E-state index in [0.29, 0.717) is 12.0 Å². The zero-order valence-electron chi connectivity index (χ0n) is 12.7. The van der Waals surface area contributed by atoms with E-state index in [1.165, 1.54) is 44.9 Å². The van der Waals surface area contributed by atoms with Crippen LogP contribution in [-0.4, -0.2) is 19.3 Å². The molecule has 18 heavy (non-hydrogen) atoms. The van der Waals surface area contributed by atoms with Gasteiger partial charge in [0.15, 0.2) is 0 Å². The van der Waals surface area contributed by atoms with Crippen molar-refractivity contribution < 1.29 is 4.74 Å². The Hall–Kier alpha value is -0.0800. The number of hydrogen-bond donors (Lipinski definition) is 1. The van der Waals surface area contributed by atoms with E-state index in [0.717, 1.165) is 25.0 Å². The van der Waals surface area contributed by atoms with Gasteiger partial charge in [0, 0.05) is 19.3 Å². The molecule has 0 saturated heterocycles. The molecule has 0 amide bonds. The number of hydrogen-bond acceptors (Lipinski definition) is 2. The summed E-state index contributed by atoms with van der Waals surface area (Å²) < 4.78 is 5.74. The molecule has 1 fully saturated rings. The molecule has 0 radical (unpaired) electrons. The maximum absolute atomic E-state index is 6.24. The third kappa shape index (κ3) is 6.19. The van der Waals surface area contributed by atoms with E-state index in [1.807, 2.05) is 0 Å². The summed E-state index contributed by atoms with van der Waals surface area (Å²) in [6.45, 7) is 8.60. The SMILES string of the molecule is CCCC1CCC(N)C(CCOCCC(C)C)C1. The van der Waals surface area contributed by atoms with Crippen LogP contribution in [-0.2, 0) is 4.74 Å². The number of nitrogens with two attached hydrogens (primary N) is 1. The van der Waals surface area contributed by atoms with E-state index < -0.39 is 0 Å². The second-order valence-corrected chi connectivity index (χ2v) is 6.48. The van der Waals surface area contributed by atoms with Crippen molar-refractivity contribution in [2.24, 2.45) is 23.5 Å². The maximum Gasteiger partial charge on any atom is 0.0469 e. The van der Waals surface area contributed by atoms with Gasteiger partial charge in [-0.25, -0.2) is 0 Å². The van der Waals surface area contributed by atoms with Crippen LogP contribution >= 0.6 is 0 Å². The molecule has 0 heterocycles. The first-order chi connectivity index (χ1) is 8.63. The normalized spacial score (nSPS) is 28.8. The fourth-order valence-corrected chi connectivity index (χ4v) is 3.04. The molecule has 3 atom stereocenters. The minimum atomic E-state index is 0.423. The van der Waals surface area contributed by atoms with Gasteiger partial charge in [0.2, 0.25) is 0 Å². The molecule has 1 aliphatic carbocycles. The lowest BCUT2D eigenvalue weighted by atomic mass is 9.75. The van der Waals surface area contributed by atoms with E-state index in [1.54, 1.807) is 0 Å². The van der Waals surface area contributed by atoms with Crippen molar-refractivity contribution in [2.75, 3.05) is 13.2 Å². The average Bonchev–Trinajstić information content (AvgIpc) is 2.32.